The Morgan fingerprint density at radius 2 is 1.00 bits per heavy atom. The van der Waals surface area contributed by atoms with Crippen molar-refractivity contribution in [2.24, 2.45) is 0 Å². The van der Waals surface area contributed by atoms with Crippen molar-refractivity contribution in [3.05, 3.63) is 48.5 Å². The molecular weight excluding hydrogens is 336 g/mol. The van der Waals surface area contributed by atoms with Crippen LogP contribution in [0, 0.1) is 0 Å². The largest absolute Gasteiger partial charge is 0.494 e. The predicted octanol–water partition coefficient (Wildman–Crippen LogP) is 6.15. The normalized spacial score (nSPS) is 10.6. The van der Waals surface area contributed by atoms with Gasteiger partial charge in [-0.1, -0.05) is 0 Å². The van der Waals surface area contributed by atoms with E-state index in [-0.39, 0.29) is 0 Å². The summed E-state index contributed by atoms with van der Waals surface area (Å²) < 4.78 is 10.9. The Balaban J connectivity index is 1.57. The van der Waals surface area contributed by atoms with Crippen LogP contribution < -0.4 is 9.47 Å². The van der Waals surface area contributed by atoms with Crippen molar-refractivity contribution in [1.82, 2.24) is 0 Å². The van der Waals surface area contributed by atoms with Crippen LogP contribution in [-0.4, -0.2) is 24.7 Å². The lowest BCUT2D eigenvalue weighted by atomic mass is 10.3. The molecule has 0 bridgehead atoms. The van der Waals surface area contributed by atoms with Crippen LogP contribution in [0.15, 0.2) is 58.3 Å². The second-order valence-corrected chi connectivity index (χ2v) is 7.55. The van der Waals surface area contributed by atoms with Crippen molar-refractivity contribution in [3.8, 4) is 11.5 Å². The number of thioether (sulfide) groups is 2. The van der Waals surface area contributed by atoms with Gasteiger partial charge in [-0.25, -0.2) is 0 Å². The van der Waals surface area contributed by atoms with Gasteiger partial charge in [0.1, 0.15) is 11.5 Å². The summed E-state index contributed by atoms with van der Waals surface area (Å²) in [6.45, 7) is 5.46. The highest BCUT2D eigenvalue weighted by molar-refractivity contribution is 7.99. The molecule has 0 aromatic heterocycles. The molecule has 0 aliphatic heterocycles. The minimum Gasteiger partial charge on any atom is -0.494 e. The van der Waals surface area contributed by atoms with Gasteiger partial charge in [0.15, 0.2) is 0 Å². The van der Waals surface area contributed by atoms with Gasteiger partial charge >= 0.3 is 0 Å². The van der Waals surface area contributed by atoms with Crippen LogP contribution in [0.3, 0.4) is 0 Å². The molecule has 2 rings (SSSR count). The van der Waals surface area contributed by atoms with Crippen LogP contribution in [-0.2, 0) is 0 Å². The van der Waals surface area contributed by atoms with Gasteiger partial charge in [0, 0.05) is 9.79 Å². The number of hydrogen-bond acceptors (Lipinski definition) is 4. The monoisotopic (exact) mass is 362 g/mol. The molecule has 0 saturated heterocycles. The van der Waals surface area contributed by atoms with Crippen LogP contribution in [0.1, 0.15) is 26.7 Å². The molecule has 0 amide bonds. The summed E-state index contributed by atoms with van der Waals surface area (Å²) in [6.07, 6.45) is 2.48. The van der Waals surface area contributed by atoms with Gasteiger partial charge in [-0.3, -0.25) is 0 Å². The molecule has 0 fully saturated rings. The van der Waals surface area contributed by atoms with E-state index in [0.29, 0.717) is 0 Å². The average molecular weight is 363 g/mol. The maximum absolute atomic E-state index is 5.46. The molecule has 0 N–H and O–H groups in total. The summed E-state index contributed by atoms with van der Waals surface area (Å²) in [5.41, 5.74) is 0. The number of hydrogen-bond donors (Lipinski definition) is 0. The molecule has 24 heavy (non-hydrogen) atoms. The zero-order chi connectivity index (χ0) is 17.0. The Kier molecular flexibility index (Phi) is 9.00. The highest BCUT2D eigenvalue weighted by Gasteiger charge is 1.98. The zero-order valence-corrected chi connectivity index (χ0v) is 16.1. The highest BCUT2D eigenvalue weighted by atomic mass is 32.2. The molecule has 2 nitrogen and oxygen atoms in total. The Morgan fingerprint density at radius 3 is 1.33 bits per heavy atom. The fourth-order valence-electron chi connectivity index (χ4n) is 2.18. The van der Waals surface area contributed by atoms with E-state index in [4.69, 9.17) is 9.47 Å². The highest BCUT2D eigenvalue weighted by Crippen LogP contribution is 2.25. The number of ether oxygens (including phenoxy) is 2. The summed E-state index contributed by atoms with van der Waals surface area (Å²) in [4.78, 5) is 2.63. The van der Waals surface area contributed by atoms with Gasteiger partial charge in [0.25, 0.3) is 0 Å². The van der Waals surface area contributed by atoms with Gasteiger partial charge in [-0.15, -0.1) is 23.5 Å². The van der Waals surface area contributed by atoms with Gasteiger partial charge in [0.05, 0.1) is 13.2 Å². The molecule has 0 heterocycles. The molecule has 130 valence electrons. The lowest BCUT2D eigenvalue weighted by molar-refractivity contribution is 0.340. The molecule has 2 aromatic rings. The summed E-state index contributed by atoms with van der Waals surface area (Å²) in [6, 6.07) is 16.8. The van der Waals surface area contributed by atoms with E-state index in [1.807, 2.05) is 61.6 Å². The zero-order valence-electron chi connectivity index (χ0n) is 14.5. The maximum atomic E-state index is 5.46. The van der Waals surface area contributed by atoms with Crippen molar-refractivity contribution in [2.45, 2.75) is 36.5 Å². The third-order valence-electron chi connectivity index (χ3n) is 3.35. The van der Waals surface area contributed by atoms with Crippen molar-refractivity contribution in [1.29, 1.82) is 0 Å². The van der Waals surface area contributed by atoms with Gasteiger partial charge < -0.3 is 9.47 Å². The summed E-state index contributed by atoms with van der Waals surface area (Å²) in [7, 11) is 0. The summed E-state index contributed by atoms with van der Waals surface area (Å²) in [5, 5.41) is 0. The molecule has 0 radical (unpaired) electrons. The maximum Gasteiger partial charge on any atom is 0.119 e. The van der Waals surface area contributed by atoms with Crippen LogP contribution in [0.2, 0.25) is 0 Å². The Hall–Kier alpha value is -1.26. The van der Waals surface area contributed by atoms with E-state index in [1.54, 1.807) is 0 Å². The fourth-order valence-corrected chi connectivity index (χ4v) is 4.01. The smallest absolute Gasteiger partial charge is 0.119 e. The van der Waals surface area contributed by atoms with Crippen molar-refractivity contribution in [2.75, 3.05) is 24.7 Å². The predicted molar refractivity (Wildman–Crippen MR) is 106 cm³/mol. The van der Waals surface area contributed by atoms with E-state index < -0.39 is 0 Å². The average Bonchev–Trinajstić information content (AvgIpc) is 2.61. The first kappa shape index (κ1) is 19.1. The number of benzene rings is 2. The minimum atomic E-state index is 0.721. The lowest BCUT2D eigenvalue weighted by Crippen LogP contribution is -1.91. The second-order valence-electron chi connectivity index (χ2n) is 5.21. The molecule has 0 atom stereocenters. The standard InChI is InChI=1S/C20H26O2S2/c1-3-21-17-7-11-19(12-8-17)23-15-5-6-16-24-20-13-9-18(10-14-20)22-4-2/h7-14H,3-6,15-16H2,1-2H3. The van der Waals surface area contributed by atoms with E-state index in [0.717, 1.165) is 36.2 Å². The second kappa shape index (κ2) is 11.3. The molecule has 2 aromatic carbocycles. The number of unbranched alkanes of at least 4 members (excludes halogenated alkanes) is 1. The fraction of sp³-hybridized carbons (Fsp3) is 0.400. The van der Waals surface area contributed by atoms with E-state index in [2.05, 4.69) is 24.3 Å². The topological polar surface area (TPSA) is 18.5 Å². The van der Waals surface area contributed by atoms with Gasteiger partial charge in [0.2, 0.25) is 0 Å². The first-order chi connectivity index (χ1) is 11.8. The summed E-state index contributed by atoms with van der Waals surface area (Å²) in [5.74, 6) is 4.23. The van der Waals surface area contributed by atoms with Crippen LogP contribution in [0.5, 0.6) is 11.5 Å². The summed E-state index contributed by atoms with van der Waals surface area (Å²) >= 11 is 3.84. The van der Waals surface area contributed by atoms with Crippen molar-refractivity contribution >= 4 is 23.5 Å². The molecule has 0 unspecified atom stereocenters. The third kappa shape index (κ3) is 7.10. The van der Waals surface area contributed by atoms with Crippen molar-refractivity contribution in [3.63, 3.8) is 0 Å². The minimum absolute atomic E-state index is 0.721. The van der Waals surface area contributed by atoms with E-state index in [9.17, 15) is 0 Å². The third-order valence-corrected chi connectivity index (χ3v) is 5.54. The lowest BCUT2D eigenvalue weighted by Gasteiger charge is -2.06. The van der Waals surface area contributed by atoms with Gasteiger partial charge in [-0.05, 0) is 86.7 Å². The van der Waals surface area contributed by atoms with Gasteiger partial charge in [-0.2, -0.15) is 0 Å². The van der Waals surface area contributed by atoms with Crippen LogP contribution in [0.25, 0.3) is 0 Å². The molecule has 0 aliphatic carbocycles. The van der Waals surface area contributed by atoms with E-state index in [1.165, 1.54) is 22.6 Å². The van der Waals surface area contributed by atoms with Crippen LogP contribution >= 0.6 is 23.5 Å². The molecular formula is C20H26O2S2. The molecule has 0 aliphatic rings. The number of rotatable bonds is 11. The van der Waals surface area contributed by atoms with Crippen molar-refractivity contribution < 1.29 is 9.47 Å². The molecule has 4 heteroatoms. The van der Waals surface area contributed by atoms with E-state index >= 15 is 0 Å². The first-order valence-electron chi connectivity index (χ1n) is 8.53. The molecule has 0 saturated carbocycles. The Morgan fingerprint density at radius 1 is 0.625 bits per heavy atom. The first-order valence-corrected chi connectivity index (χ1v) is 10.5. The van der Waals surface area contributed by atoms with Crippen LogP contribution in [0.4, 0.5) is 0 Å². The quantitative estimate of drug-likeness (QED) is 0.352. The molecule has 0 spiro atoms. The Labute approximate surface area is 154 Å². The Bertz CT molecular complexity index is 514. The SMILES string of the molecule is CCOc1ccc(SCCCCSc2ccc(OCC)cc2)cc1.